The van der Waals surface area contributed by atoms with E-state index in [0.29, 0.717) is 10.6 Å². The number of benzene rings is 2. The molecule has 0 bridgehead atoms. The highest BCUT2D eigenvalue weighted by Gasteiger charge is 2.21. The highest BCUT2D eigenvalue weighted by Crippen LogP contribution is 2.26. The van der Waals surface area contributed by atoms with Crippen molar-refractivity contribution in [2.24, 2.45) is 0 Å². The summed E-state index contributed by atoms with van der Waals surface area (Å²) < 4.78 is 32.7. The van der Waals surface area contributed by atoms with E-state index in [-0.39, 0.29) is 10.4 Å². The highest BCUT2D eigenvalue weighted by atomic mass is 32.2. The summed E-state index contributed by atoms with van der Waals surface area (Å²) in [5.41, 5.74) is 2.28. The molecular weight excluding hydrogens is 390 g/mol. The number of amides is 1. The summed E-state index contributed by atoms with van der Waals surface area (Å²) in [7, 11) is -3.96. The van der Waals surface area contributed by atoms with E-state index in [9.17, 15) is 13.2 Å². The zero-order valence-electron chi connectivity index (χ0n) is 14.0. The van der Waals surface area contributed by atoms with Crippen molar-refractivity contribution < 1.29 is 17.8 Å². The molecule has 11 heteroatoms. The second kappa shape index (κ2) is 6.68. The van der Waals surface area contributed by atoms with Crippen LogP contribution in [0, 0.1) is 6.92 Å². The number of carbonyl (C=O) groups excluding carboxylic acids is 1. The molecule has 9 nitrogen and oxygen atoms in total. The van der Waals surface area contributed by atoms with Crippen molar-refractivity contribution in [3.8, 4) is 0 Å². The first-order valence-corrected chi connectivity index (χ1v) is 10.1. The molecule has 2 aromatic carbocycles. The zero-order valence-corrected chi connectivity index (χ0v) is 15.6. The van der Waals surface area contributed by atoms with Gasteiger partial charge in [-0.1, -0.05) is 23.5 Å². The molecule has 0 unspecified atom stereocenters. The maximum Gasteiger partial charge on any atom is 0.243 e. The average molecular weight is 403 g/mol. The van der Waals surface area contributed by atoms with E-state index in [1.807, 2.05) is 25.1 Å². The Labute approximate surface area is 157 Å². The third kappa shape index (κ3) is 3.52. The number of nitrogens with zero attached hydrogens (tertiary/aromatic N) is 3. The predicted molar refractivity (Wildman–Crippen MR) is 100.0 cm³/mol. The molecule has 27 heavy (non-hydrogen) atoms. The molecule has 0 saturated heterocycles. The second-order valence-corrected chi connectivity index (χ2v) is 8.52. The van der Waals surface area contributed by atoms with Gasteiger partial charge in [0.2, 0.25) is 15.9 Å². The lowest BCUT2D eigenvalue weighted by Gasteiger charge is -2.06. The number of rotatable bonds is 5. The molecule has 2 heterocycles. The number of carbonyl (C=O) groups is 1. The summed E-state index contributed by atoms with van der Waals surface area (Å²) in [5.74, 6) is -0.528. The van der Waals surface area contributed by atoms with E-state index in [1.165, 1.54) is 23.5 Å². The van der Waals surface area contributed by atoms with Gasteiger partial charge in [0.05, 0.1) is 16.8 Å². The summed E-state index contributed by atoms with van der Waals surface area (Å²) in [6.45, 7) is 1.52. The first kappa shape index (κ1) is 17.5. The van der Waals surface area contributed by atoms with Crippen molar-refractivity contribution in [2.45, 2.75) is 11.8 Å². The minimum Gasteiger partial charge on any atom is -0.301 e. The van der Waals surface area contributed by atoms with Crippen LogP contribution in [0.3, 0.4) is 0 Å². The second-order valence-electron chi connectivity index (χ2n) is 5.75. The van der Waals surface area contributed by atoms with Gasteiger partial charge in [-0.15, -0.1) is 0 Å². The number of aryl methyl sites for hydroxylation is 1. The van der Waals surface area contributed by atoms with E-state index in [2.05, 4.69) is 30.0 Å². The van der Waals surface area contributed by atoms with Crippen LogP contribution in [0.2, 0.25) is 0 Å². The fourth-order valence-electron chi connectivity index (χ4n) is 2.49. The van der Waals surface area contributed by atoms with Gasteiger partial charge in [-0.25, -0.2) is 22.8 Å². The topological polar surface area (TPSA) is 127 Å². The SMILES string of the molecule is Cc1ccc2nc(NC(=O)CNS(=O)(=O)c3cccc4nonc34)sc2c1. The Morgan fingerprint density at radius 3 is 2.89 bits per heavy atom. The molecule has 0 aliphatic carbocycles. The number of fused-ring (bicyclic) bond motifs is 2. The Balaban J connectivity index is 1.47. The van der Waals surface area contributed by atoms with Crippen LogP contribution in [0.25, 0.3) is 21.3 Å². The maximum atomic E-state index is 12.5. The normalized spacial score (nSPS) is 11.9. The standard InChI is InChI=1S/C16H13N5O4S2/c1-9-5-6-10-12(7-9)26-16(18-10)19-14(22)8-17-27(23,24)13-4-2-3-11-15(13)21-25-20-11/h2-7,17H,8H2,1H3,(H,18,19,22). The lowest BCUT2D eigenvalue weighted by Crippen LogP contribution is -2.33. The van der Waals surface area contributed by atoms with Gasteiger partial charge < -0.3 is 5.32 Å². The summed E-state index contributed by atoms with van der Waals surface area (Å²) in [6, 6.07) is 10.2. The van der Waals surface area contributed by atoms with Gasteiger partial charge in [0, 0.05) is 0 Å². The fourth-order valence-corrected chi connectivity index (χ4v) is 4.60. The Morgan fingerprint density at radius 2 is 2.04 bits per heavy atom. The number of anilines is 1. The number of nitrogens with one attached hydrogen (secondary N) is 2. The third-order valence-electron chi connectivity index (χ3n) is 3.75. The Kier molecular flexibility index (Phi) is 4.34. The van der Waals surface area contributed by atoms with Crippen LogP contribution in [0.1, 0.15) is 5.56 Å². The van der Waals surface area contributed by atoms with Crippen molar-refractivity contribution in [1.82, 2.24) is 20.0 Å². The van der Waals surface area contributed by atoms with Gasteiger partial charge in [-0.2, -0.15) is 0 Å². The molecule has 138 valence electrons. The van der Waals surface area contributed by atoms with Crippen LogP contribution in [-0.4, -0.2) is 36.2 Å². The molecule has 0 aliphatic heterocycles. The molecule has 4 rings (SSSR count). The van der Waals surface area contributed by atoms with E-state index >= 15 is 0 Å². The number of hydrogen-bond donors (Lipinski definition) is 2. The highest BCUT2D eigenvalue weighted by molar-refractivity contribution is 7.89. The molecule has 0 aliphatic rings. The minimum absolute atomic E-state index is 0.104. The Bertz CT molecular complexity index is 1260. The summed E-state index contributed by atoms with van der Waals surface area (Å²) in [6.07, 6.45) is 0. The molecule has 0 fully saturated rings. The summed E-state index contributed by atoms with van der Waals surface area (Å²) in [5, 5.41) is 10.2. The monoisotopic (exact) mass is 403 g/mol. The van der Waals surface area contributed by atoms with E-state index in [1.54, 1.807) is 6.07 Å². The van der Waals surface area contributed by atoms with E-state index in [4.69, 9.17) is 0 Å². The Morgan fingerprint density at radius 1 is 1.19 bits per heavy atom. The first-order chi connectivity index (χ1) is 12.9. The van der Waals surface area contributed by atoms with Crippen molar-refractivity contribution in [1.29, 1.82) is 0 Å². The van der Waals surface area contributed by atoms with Crippen molar-refractivity contribution in [3.05, 3.63) is 42.0 Å². The first-order valence-electron chi connectivity index (χ1n) is 7.80. The van der Waals surface area contributed by atoms with Crippen molar-refractivity contribution in [2.75, 3.05) is 11.9 Å². The van der Waals surface area contributed by atoms with Crippen molar-refractivity contribution >= 4 is 53.6 Å². The molecule has 0 radical (unpaired) electrons. The van der Waals surface area contributed by atoms with E-state index in [0.717, 1.165) is 15.8 Å². The van der Waals surface area contributed by atoms with Crippen LogP contribution in [0.5, 0.6) is 0 Å². The smallest absolute Gasteiger partial charge is 0.243 e. The zero-order chi connectivity index (χ0) is 19.0. The van der Waals surface area contributed by atoms with Crippen LogP contribution < -0.4 is 10.0 Å². The molecule has 0 spiro atoms. The quantitative estimate of drug-likeness (QED) is 0.522. The lowest BCUT2D eigenvalue weighted by molar-refractivity contribution is -0.115. The molecular formula is C16H13N5O4S2. The third-order valence-corrected chi connectivity index (χ3v) is 6.12. The summed E-state index contributed by atoms with van der Waals surface area (Å²) >= 11 is 1.32. The number of sulfonamides is 1. The average Bonchev–Trinajstić information content (AvgIpc) is 3.25. The molecule has 0 atom stereocenters. The molecule has 2 N–H and O–H groups in total. The van der Waals surface area contributed by atoms with Crippen molar-refractivity contribution in [3.63, 3.8) is 0 Å². The molecule has 2 aromatic heterocycles. The van der Waals surface area contributed by atoms with Crippen LogP contribution in [0.4, 0.5) is 5.13 Å². The van der Waals surface area contributed by atoms with E-state index < -0.39 is 22.5 Å². The van der Waals surface area contributed by atoms with Crippen LogP contribution in [0.15, 0.2) is 45.9 Å². The molecule has 0 saturated carbocycles. The van der Waals surface area contributed by atoms with Crippen LogP contribution >= 0.6 is 11.3 Å². The van der Waals surface area contributed by atoms with Gasteiger partial charge in [-0.05, 0) is 47.1 Å². The number of hydrogen-bond acceptors (Lipinski definition) is 8. The number of aromatic nitrogens is 3. The predicted octanol–water partition coefficient (Wildman–Crippen LogP) is 2.06. The molecule has 1 amide bonds. The van der Waals surface area contributed by atoms with Gasteiger partial charge in [0.25, 0.3) is 0 Å². The fraction of sp³-hybridized carbons (Fsp3) is 0.125. The van der Waals surface area contributed by atoms with Gasteiger partial charge in [0.1, 0.15) is 10.4 Å². The van der Waals surface area contributed by atoms with Gasteiger partial charge >= 0.3 is 0 Å². The van der Waals surface area contributed by atoms with Gasteiger partial charge in [-0.3, -0.25) is 4.79 Å². The Hall–Kier alpha value is -2.89. The van der Waals surface area contributed by atoms with Crippen LogP contribution in [-0.2, 0) is 14.8 Å². The number of thiazole rings is 1. The minimum atomic E-state index is -3.96. The maximum absolute atomic E-state index is 12.5. The summed E-state index contributed by atoms with van der Waals surface area (Å²) in [4.78, 5) is 16.3. The lowest BCUT2D eigenvalue weighted by atomic mass is 10.2. The largest absolute Gasteiger partial charge is 0.301 e. The molecule has 4 aromatic rings. The van der Waals surface area contributed by atoms with Gasteiger partial charge in [0.15, 0.2) is 10.6 Å².